The van der Waals surface area contributed by atoms with Crippen LogP contribution in [0, 0.1) is 11.8 Å². The third kappa shape index (κ3) is 3.90. The summed E-state index contributed by atoms with van der Waals surface area (Å²) in [6.07, 6.45) is 4.09. The molecule has 1 saturated carbocycles. The van der Waals surface area contributed by atoms with Gasteiger partial charge in [-0.25, -0.2) is 14.4 Å². The molecule has 0 radical (unpaired) electrons. The molecule has 1 spiro atoms. The standard InChI is InChI=1S/C29H25ClF2N6O3/c30-17-3-1-14-12-29(7-8-29)37(9-10-39)28(41)24-16(23(14)25(17)31)11-22(40)38-19(24)4-5-20(38)27-34-13-18(35-27)15-2-6-21(33)36-26(15)32/h1-3,6,11,13,20,39H,4-5,7-10,12H2,(H2,33,36)(H,34,35)/t20-/m0/s1. The molecule has 2 aliphatic heterocycles. The molecule has 0 bridgehead atoms. The van der Waals surface area contributed by atoms with E-state index in [4.69, 9.17) is 17.3 Å². The molecule has 12 heteroatoms. The number of anilines is 1. The van der Waals surface area contributed by atoms with E-state index in [1.807, 2.05) is 0 Å². The van der Waals surface area contributed by atoms with Crippen LogP contribution in [-0.4, -0.2) is 54.1 Å². The van der Waals surface area contributed by atoms with Gasteiger partial charge < -0.3 is 25.3 Å². The third-order valence-corrected chi connectivity index (χ3v) is 8.84. The fourth-order valence-corrected chi connectivity index (χ4v) is 6.67. The molecular weight excluding hydrogens is 554 g/mol. The molecule has 3 aromatic heterocycles. The van der Waals surface area contributed by atoms with Gasteiger partial charge in [0.05, 0.1) is 40.7 Å². The molecule has 7 rings (SSSR count). The first-order valence-corrected chi connectivity index (χ1v) is 13.8. The average molecular weight is 579 g/mol. The van der Waals surface area contributed by atoms with Crippen molar-refractivity contribution in [2.24, 2.45) is 0 Å². The maximum Gasteiger partial charge on any atom is 0.256 e. The van der Waals surface area contributed by atoms with Gasteiger partial charge in [0.1, 0.15) is 17.5 Å². The van der Waals surface area contributed by atoms with Crippen molar-refractivity contribution in [3.63, 3.8) is 0 Å². The van der Waals surface area contributed by atoms with Crippen molar-refractivity contribution in [3.05, 3.63) is 86.3 Å². The summed E-state index contributed by atoms with van der Waals surface area (Å²) < 4.78 is 31.7. The van der Waals surface area contributed by atoms with E-state index >= 15 is 4.39 Å². The first kappa shape index (κ1) is 25.8. The monoisotopic (exact) mass is 578 g/mol. The number of hydrogen-bond donors (Lipinski definition) is 3. The number of nitrogens with two attached hydrogens (primary N) is 1. The van der Waals surface area contributed by atoms with Crippen molar-refractivity contribution in [3.8, 4) is 22.4 Å². The molecule has 4 aromatic rings. The van der Waals surface area contributed by atoms with Crippen LogP contribution in [0.5, 0.6) is 0 Å². The van der Waals surface area contributed by atoms with Crippen LogP contribution in [0.2, 0.25) is 5.02 Å². The zero-order chi connectivity index (χ0) is 28.6. The minimum Gasteiger partial charge on any atom is -0.395 e. The summed E-state index contributed by atoms with van der Waals surface area (Å²) in [7, 11) is 0. The van der Waals surface area contributed by atoms with Crippen molar-refractivity contribution in [2.75, 3.05) is 18.9 Å². The molecule has 1 aliphatic carbocycles. The Morgan fingerprint density at radius 3 is 2.68 bits per heavy atom. The topological polar surface area (TPSA) is 130 Å². The first-order chi connectivity index (χ1) is 19.7. The Morgan fingerprint density at radius 2 is 1.95 bits per heavy atom. The predicted octanol–water partition coefficient (Wildman–Crippen LogP) is 3.87. The Bertz CT molecular complexity index is 1810. The average Bonchev–Trinajstić information content (AvgIpc) is 3.33. The molecule has 1 amide bonds. The second-order valence-corrected chi connectivity index (χ2v) is 11.3. The lowest BCUT2D eigenvalue weighted by molar-refractivity contribution is 0.0596. The van der Waals surface area contributed by atoms with Gasteiger partial charge in [0.25, 0.3) is 11.5 Å². The maximum atomic E-state index is 15.7. The molecule has 0 unspecified atom stereocenters. The van der Waals surface area contributed by atoms with Gasteiger partial charge in [-0.05, 0) is 55.9 Å². The number of nitrogen functional groups attached to an aromatic ring is 1. The lowest BCUT2D eigenvalue weighted by atomic mass is 9.86. The van der Waals surface area contributed by atoms with Gasteiger partial charge in [0, 0.05) is 35.0 Å². The number of H-pyrrole nitrogens is 1. The Labute approximate surface area is 237 Å². The molecule has 4 N–H and O–H groups in total. The van der Waals surface area contributed by atoms with Crippen LogP contribution >= 0.6 is 11.6 Å². The first-order valence-electron chi connectivity index (χ1n) is 13.4. The third-order valence-electron chi connectivity index (χ3n) is 8.54. The number of β-amino-alcohol motifs (C(OH)–C–C–N with tert-alkyl or cyclic N) is 1. The minimum atomic E-state index is -0.756. The molecule has 1 atom stereocenters. The van der Waals surface area contributed by atoms with Crippen molar-refractivity contribution >= 4 is 23.3 Å². The zero-order valence-electron chi connectivity index (χ0n) is 21.8. The number of nitrogens with one attached hydrogen (secondary N) is 1. The number of rotatable bonds is 4. The number of aromatic nitrogens is 4. The maximum absolute atomic E-state index is 15.7. The fourth-order valence-electron chi connectivity index (χ4n) is 6.51. The summed E-state index contributed by atoms with van der Waals surface area (Å²) in [5, 5.41) is 9.77. The highest BCUT2D eigenvalue weighted by atomic mass is 35.5. The van der Waals surface area contributed by atoms with E-state index < -0.39 is 28.9 Å². The van der Waals surface area contributed by atoms with Crippen LogP contribution < -0.4 is 11.3 Å². The number of pyridine rings is 2. The van der Waals surface area contributed by atoms with Gasteiger partial charge in [0.2, 0.25) is 5.95 Å². The summed E-state index contributed by atoms with van der Waals surface area (Å²) >= 11 is 6.20. The Hall–Kier alpha value is -4.09. The van der Waals surface area contributed by atoms with Crippen LogP contribution in [0.1, 0.15) is 52.7 Å². The van der Waals surface area contributed by atoms with E-state index in [0.29, 0.717) is 42.0 Å². The number of hydrogen-bond acceptors (Lipinski definition) is 6. The van der Waals surface area contributed by atoms with E-state index in [0.717, 1.165) is 12.8 Å². The number of imidazole rings is 1. The predicted molar refractivity (Wildman–Crippen MR) is 148 cm³/mol. The van der Waals surface area contributed by atoms with Gasteiger partial charge in [-0.2, -0.15) is 4.39 Å². The van der Waals surface area contributed by atoms with E-state index in [2.05, 4.69) is 15.0 Å². The smallest absolute Gasteiger partial charge is 0.256 e. The Balaban J connectivity index is 1.41. The minimum absolute atomic E-state index is 0.0472. The van der Waals surface area contributed by atoms with Crippen LogP contribution in [-0.2, 0) is 12.8 Å². The Kier molecular flexibility index (Phi) is 5.81. The summed E-state index contributed by atoms with van der Waals surface area (Å²) in [6.45, 7) is -0.109. The number of benzene rings is 1. The van der Waals surface area contributed by atoms with E-state index in [-0.39, 0.29) is 52.2 Å². The normalized spacial score (nSPS) is 18.6. The molecule has 1 aromatic carbocycles. The number of nitrogens with zero attached hydrogens (tertiary/aromatic N) is 4. The van der Waals surface area contributed by atoms with Crippen LogP contribution in [0.25, 0.3) is 22.4 Å². The summed E-state index contributed by atoms with van der Waals surface area (Å²) in [5.41, 5.74) is 6.89. The number of carbonyl (C=O) groups excluding carboxylic acids is 1. The molecule has 3 aliphatic rings. The number of fused-ring (bicyclic) bond motifs is 5. The van der Waals surface area contributed by atoms with Crippen LogP contribution in [0.3, 0.4) is 0 Å². The number of carbonyl (C=O) groups is 1. The van der Waals surface area contributed by atoms with Gasteiger partial charge in [-0.15, -0.1) is 0 Å². The summed E-state index contributed by atoms with van der Waals surface area (Å²) in [5.74, 6) is -1.32. The summed E-state index contributed by atoms with van der Waals surface area (Å²) in [4.78, 5) is 40.9. The number of halogens is 3. The largest absolute Gasteiger partial charge is 0.395 e. The van der Waals surface area contributed by atoms with Gasteiger partial charge in [-0.1, -0.05) is 17.7 Å². The van der Waals surface area contributed by atoms with Crippen molar-refractivity contribution in [1.29, 1.82) is 0 Å². The number of aliphatic hydroxyl groups excluding tert-OH is 1. The fraction of sp³-hybridized carbons (Fsp3) is 0.310. The summed E-state index contributed by atoms with van der Waals surface area (Å²) in [6, 6.07) is 6.95. The molecular formula is C29H25ClF2N6O3. The number of aromatic amines is 1. The number of amides is 1. The van der Waals surface area contributed by atoms with Gasteiger partial charge in [-0.3, -0.25) is 9.59 Å². The molecule has 41 heavy (non-hydrogen) atoms. The highest BCUT2D eigenvalue weighted by Crippen LogP contribution is 2.50. The quantitative estimate of drug-likeness (QED) is 0.315. The lowest BCUT2D eigenvalue weighted by Crippen LogP contribution is -2.47. The van der Waals surface area contributed by atoms with Crippen molar-refractivity contribution in [2.45, 2.75) is 43.7 Å². The van der Waals surface area contributed by atoms with Crippen LogP contribution in [0.15, 0.2) is 41.3 Å². The van der Waals surface area contributed by atoms with E-state index in [1.54, 1.807) is 11.0 Å². The van der Waals surface area contributed by atoms with E-state index in [1.165, 1.54) is 35.0 Å². The molecule has 9 nitrogen and oxygen atoms in total. The zero-order valence-corrected chi connectivity index (χ0v) is 22.5. The van der Waals surface area contributed by atoms with Crippen molar-refractivity contribution < 1.29 is 18.7 Å². The van der Waals surface area contributed by atoms with Gasteiger partial charge >= 0.3 is 0 Å². The number of aliphatic hydroxyl groups is 1. The highest BCUT2D eigenvalue weighted by Gasteiger charge is 2.52. The van der Waals surface area contributed by atoms with E-state index in [9.17, 15) is 19.1 Å². The second kappa shape index (κ2) is 9.22. The molecule has 5 heterocycles. The van der Waals surface area contributed by atoms with Crippen molar-refractivity contribution in [1.82, 2.24) is 24.4 Å². The molecule has 1 fully saturated rings. The lowest BCUT2D eigenvalue weighted by Gasteiger charge is -2.36. The Morgan fingerprint density at radius 1 is 1.15 bits per heavy atom. The van der Waals surface area contributed by atoms with Gasteiger partial charge in [0.15, 0.2) is 0 Å². The second-order valence-electron chi connectivity index (χ2n) is 10.9. The SMILES string of the molecule is Nc1ccc(-c2cnc([C@@H]3CCc4c5c(cc(=O)n43)-c3c(ccc(Cl)c3F)CC3(CC3)N(CCO)C5=O)[nH]2)c(F)n1. The van der Waals surface area contributed by atoms with Crippen LogP contribution in [0.4, 0.5) is 14.6 Å². The molecule has 0 saturated heterocycles. The highest BCUT2D eigenvalue weighted by molar-refractivity contribution is 6.31. The molecule has 210 valence electrons.